The first kappa shape index (κ1) is 37.3. The Kier molecular flexibility index (Phi) is 11.6. The largest absolute Gasteiger partial charge is 0.493 e. The van der Waals surface area contributed by atoms with E-state index in [2.05, 4.69) is 69.0 Å². The highest BCUT2D eigenvalue weighted by atomic mass is 16.5. The number of amides is 2. The first-order chi connectivity index (χ1) is 27.4. The third kappa shape index (κ3) is 9.03. The van der Waals surface area contributed by atoms with Crippen LogP contribution in [0.4, 0.5) is 11.4 Å². The number of imidazole rings is 1. The van der Waals surface area contributed by atoms with Crippen LogP contribution in [0.1, 0.15) is 37.6 Å². The molecule has 0 aliphatic heterocycles. The summed E-state index contributed by atoms with van der Waals surface area (Å²) in [5, 5.41) is 6.01. The van der Waals surface area contributed by atoms with Gasteiger partial charge in [0.15, 0.2) is 22.7 Å². The van der Waals surface area contributed by atoms with E-state index >= 15 is 0 Å². The molecule has 7 rings (SSSR count). The fourth-order valence-electron chi connectivity index (χ4n) is 6.50. The maximum atomic E-state index is 13.8. The maximum Gasteiger partial charge on any atom is 0.291 e. The molecule has 5 aromatic carbocycles. The van der Waals surface area contributed by atoms with Gasteiger partial charge in [0.25, 0.3) is 11.8 Å². The predicted octanol–water partition coefficient (Wildman–Crippen LogP) is 7.79. The van der Waals surface area contributed by atoms with Gasteiger partial charge in [-0.2, -0.15) is 0 Å². The normalized spacial score (nSPS) is 11.1. The number of nitrogens with zero attached hydrogens (tertiary/aromatic N) is 3. The van der Waals surface area contributed by atoms with E-state index in [1.807, 2.05) is 41.1 Å². The fraction of sp³-hybridized carbons (Fsp3) is 0.156. The van der Waals surface area contributed by atoms with Gasteiger partial charge in [0.2, 0.25) is 0 Å². The molecule has 2 heterocycles. The third-order valence-electron chi connectivity index (χ3n) is 9.48. The van der Waals surface area contributed by atoms with Crippen molar-refractivity contribution in [3.05, 3.63) is 178 Å². The van der Waals surface area contributed by atoms with Crippen molar-refractivity contribution in [2.24, 2.45) is 0 Å². The van der Waals surface area contributed by atoms with E-state index in [0.29, 0.717) is 22.6 Å². The monoisotopic (exact) mass is 747 g/mol. The van der Waals surface area contributed by atoms with Crippen LogP contribution >= 0.6 is 0 Å². The number of methoxy groups -OCH3 is 2. The number of ether oxygens (including phenoxy) is 2. The summed E-state index contributed by atoms with van der Waals surface area (Å²) in [5.41, 5.74) is 5.45. The number of fused-ring (bicyclic) bond motifs is 1. The standard InChI is InChI=1S/C45H41N5O6/c1-54-41-26-37(38(27-42(41)55-2)48-45(53)43-28-39(51)36-13-6-7-14-40(36)56-43)44(52)47-34-17-15-32(16-18-34)20-23-49(22-19-31-9-4-3-5-10-31)29-33-11-8-12-35(25-33)50-24-21-46-30-50/h3-18,21,24-28,30H,19-20,22-23,29H2,1-2H3,(H,47,52)(H,48,53). The van der Waals surface area contributed by atoms with Gasteiger partial charge in [-0.25, -0.2) is 4.98 Å². The first-order valence-corrected chi connectivity index (χ1v) is 18.2. The minimum Gasteiger partial charge on any atom is -0.493 e. The van der Waals surface area contributed by atoms with E-state index in [0.717, 1.165) is 49.8 Å². The lowest BCUT2D eigenvalue weighted by Crippen LogP contribution is -2.28. The van der Waals surface area contributed by atoms with Gasteiger partial charge in [0, 0.05) is 55.5 Å². The zero-order valence-corrected chi connectivity index (χ0v) is 31.1. The van der Waals surface area contributed by atoms with Gasteiger partial charge < -0.3 is 29.1 Å². The van der Waals surface area contributed by atoms with Crippen LogP contribution in [0.3, 0.4) is 0 Å². The number of carbonyl (C=O) groups excluding carboxylic acids is 2. The topological polar surface area (TPSA) is 128 Å². The molecule has 0 aliphatic carbocycles. The lowest BCUT2D eigenvalue weighted by molar-refractivity contribution is 0.0997. The highest BCUT2D eigenvalue weighted by molar-refractivity contribution is 6.12. The smallest absolute Gasteiger partial charge is 0.291 e. The van der Waals surface area contributed by atoms with E-state index in [9.17, 15) is 14.4 Å². The number of anilines is 2. The number of para-hydroxylation sites is 1. The molecule has 0 radical (unpaired) electrons. The minimum atomic E-state index is -0.706. The number of benzene rings is 5. The highest BCUT2D eigenvalue weighted by Crippen LogP contribution is 2.34. The summed E-state index contributed by atoms with van der Waals surface area (Å²) in [5.74, 6) is -0.797. The van der Waals surface area contributed by atoms with Crippen LogP contribution in [0.5, 0.6) is 11.5 Å². The summed E-state index contributed by atoms with van der Waals surface area (Å²) in [6.07, 6.45) is 7.26. The Labute approximate surface area is 324 Å². The van der Waals surface area contributed by atoms with Crippen molar-refractivity contribution in [3.63, 3.8) is 0 Å². The number of hydrogen-bond acceptors (Lipinski definition) is 8. The summed E-state index contributed by atoms with van der Waals surface area (Å²) >= 11 is 0. The summed E-state index contributed by atoms with van der Waals surface area (Å²) < 4.78 is 18.6. The zero-order valence-electron chi connectivity index (χ0n) is 31.1. The lowest BCUT2D eigenvalue weighted by Gasteiger charge is -2.23. The molecule has 2 amide bonds. The molecule has 11 nitrogen and oxygen atoms in total. The second-order valence-corrected chi connectivity index (χ2v) is 13.2. The molecule has 0 spiro atoms. The van der Waals surface area contributed by atoms with Gasteiger partial charge in [-0.15, -0.1) is 0 Å². The van der Waals surface area contributed by atoms with Crippen LogP contribution < -0.4 is 25.5 Å². The molecule has 11 heteroatoms. The van der Waals surface area contributed by atoms with Gasteiger partial charge in [0.05, 0.1) is 37.2 Å². The Morgan fingerprint density at radius 2 is 1.43 bits per heavy atom. The summed E-state index contributed by atoms with van der Waals surface area (Å²) in [4.78, 5) is 46.5. The molecule has 0 saturated carbocycles. The Morgan fingerprint density at radius 1 is 0.732 bits per heavy atom. The van der Waals surface area contributed by atoms with E-state index < -0.39 is 11.8 Å². The molecular weight excluding hydrogens is 707 g/mol. The van der Waals surface area contributed by atoms with Crippen molar-refractivity contribution in [2.75, 3.05) is 37.9 Å². The molecule has 0 fully saturated rings. The quantitative estimate of drug-likeness (QED) is 0.109. The highest BCUT2D eigenvalue weighted by Gasteiger charge is 2.21. The molecule has 2 aromatic heterocycles. The molecule has 7 aromatic rings. The molecule has 0 bridgehead atoms. The van der Waals surface area contributed by atoms with Crippen LogP contribution in [0.2, 0.25) is 0 Å². The second kappa shape index (κ2) is 17.4. The van der Waals surface area contributed by atoms with Gasteiger partial charge in [-0.1, -0.05) is 66.7 Å². The average molecular weight is 748 g/mol. The van der Waals surface area contributed by atoms with Crippen LogP contribution in [0, 0.1) is 0 Å². The van der Waals surface area contributed by atoms with Crippen LogP contribution in [0.25, 0.3) is 16.7 Å². The SMILES string of the molecule is COc1cc(NC(=O)c2cc(=O)c3ccccc3o2)c(C(=O)Nc2ccc(CCN(CCc3ccccc3)Cc3cccc(-n4ccnc4)c3)cc2)cc1OC. The summed E-state index contributed by atoms with van der Waals surface area (Å²) in [7, 11) is 2.91. The van der Waals surface area contributed by atoms with Crippen molar-refractivity contribution in [1.29, 1.82) is 0 Å². The van der Waals surface area contributed by atoms with Crippen molar-refractivity contribution in [2.45, 2.75) is 19.4 Å². The van der Waals surface area contributed by atoms with Crippen molar-refractivity contribution in [3.8, 4) is 17.2 Å². The minimum absolute atomic E-state index is 0.120. The van der Waals surface area contributed by atoms with Crippen molar-refractivity contribution >= 4 is 34.2 Å². The fourth-order valence-corrected chi connectivity index (χ4v) is 6.50. The average Bonchev–Trinajstić information content (AvgIpc) is 3.78. The molecule has 0 aliphatic rings. The maximum absolute atomic E-state index is 13.8. The Hall–Kier alpha value is -6.98. The zero-order chi connectivity index (χ0) is 38.9. The predicted molar refractivity (Wildman–Crippen MR) is 217 cm³/mol. The number of carbonyl (C=O) groups is 2. The second-order valence-electron chi connectivity index (χ2n) is 13.2. The lowest BCUT2D eigenvalue weighted by atomic mass is 10.1. The third-order valence-corrected chi connectivity index (χ3v) is 9.48. The van der Waals surface area contributed by atoms with Crippen LogP contribution in [0.15, 0.2) is 149 Å². The van der Waals surface area contributed by atoms with Crippen LogP contribution in [-0.2, 0) is 19.4 Å². The molecule has 2 N–H and O–H groups in total. The van der Waals surface area contributed by atoms with Gasteiger partial charge in [-0.05, 0) is 72.0 Å². The van der Waals surface area contributed by atoms with E-state index in [-0.39, 0.29) is 28.0 Å². The van der Waals surface area contributed by atoms with E-state index in [1.54, 1.807) is 36.8 Å². The molecule has 0 unspecified atom stereocenters. The van der Waals surface area contributed by atoms with Crippen molar-refractivity contribution in [1.82, 2.24) is 14.5 Å². The Morgan fingerprint density at radius 3 is 2.16 bits per heavy atom. The van der Waals surface area contributed by atoms with Gasteiger partial charge >= 0.3 is 0 Å². The molecule has 0 atom stereocenters. The number of aromatic nitrogens is 2. The molecule has 56 heavy (non-hydrogen) atoms. The molecular formula is C45H41N5O6. The Balaban J connectivity index is 1.04. The summed E-state index contributed by atoms with van der Waals surface area (Å²) in [6.45, 7) is 2.52. The number of hydrogen-bond donors (Lipinski definition) is 2. The number of nitrogens with one attached hydrogen (secondary N) is 2. The first-order valence-electron chi connectivity index (χ1n) is 18.2. The van der Waals surface area contributed by atoms with E-state index in [1.165, 1.54) is 37.5 Å². The van der Waals surface area contributed by atoms with Crippen LogP contribution in [-0.4, -0.2) is 53.6 Å². The molecule has 282 valence electrons. The summed E-state index contributed by atoms with van der Waals surface area (Å²) in [6, 6.07) is 37.5. The Bertz CT molecular complexity index is 2500. The number of rotatable bonds is 15. The van der Waals surface area contributed by atoms with Gasteiger partial charge in [-0.3, -0.25) is 19.3 Å². The molecule has 0 saturated heterocycles. The van der Waals surface area contributed by atoms with Crippen molar-refractivity contribution < 1.29 is 23.5 Å². The van der Waals surface area contributed by atoms with E-state index in [4.69, 9.17) is 13.9 Å². The van der Waals surface area contributed by atoms with Gasteiger partial charge in [0.1, 0.15) is 5.58 Å².